The highest BCUT2D eigenvalue weighted by Gasteiger charge is 2.23. The number of hydrogen-bond acceptors (Lipinski definition) is 3. The van der Waals surface area contributed by atoms with Crippen LogP contribution >= 0.6 is 15.9 Å². The molecule has 29 heavy (non-hydrogen) atoms. The van der Waals surface area contributed by atoms with Gasteiger partial charge in [0.2, 0.25) is 0 Å². The summed E-state index contributed by atoms with van der Waals surface area (Å²) in [4.78, 5) is 0. The number of hydrogen-bond donors (Lipinski definition) is 0. The van der Waals surface area contributed by atoms with Gasteiger partial charge >= 0.3 is 0 Å². The lowest BCUT2D eigenvalue weighted by atomic mass is 9.90. The molecule has 1 atom stereocenters. The van der Waals surface area contributed by atoms with Gasteiger partial charge in [0.15, 0.2) is 6.23 Å². The van der Waals surface area contributed by atoms with Crippen LogP contribution in [0.4, 0.5) is 0 Å². The van der Waals surface area contributed by atoms with Gasteiger partial charge < -0.3 is 4.74 Å². The summed E-state index contributed by atoms with van der Waals surface area (Å²) >= 11 is 3.52. The quantitative estimate of drug-likeness (QED) is 0.309. The summed E-state index contributed by atoms with van der Waals surface area (Å²) in [6.07, 6.45) is 9.40. The second kappa shape index (κ2) is 9.56. The SMILES string of the molecule is N#Cc1c(-c2ccnn2C2CCCCO2)c(CCCCCBr)cc2ccccc12. The number of benzene rings is 2. The van der Waals surface area contributed by atoms with Gasteiger partial charge in [0.05, 0.1) is 11.3 Å². The molecule has 5 heteroatoms. The molecule has 0 N–H and O–H groups in total. The highest BCUT2D eigenvalue weighted by atomic mass is 79.9. The van der Waals surface area contributed by atoms with Crippen LogP contribution < -0.4 is 0 Å². The van der Waals surface area contributed by atoms with Crippen LogP contribution in [-0.4, -0.2) is 21.7 Å². The first-order valence-electron chi connectivity index (χ1n) is 10.5. The average molecular weight is 452 g/mol. The van der Waals surface area contributed by atoms with Crippen LogP contribution in [0.15, 0.2) is 42.6 Å². The van der Waals surface area contributed by atoms with Gasteiger partial charge in [-0.1, -0.05) is 52.7 Å². The molecule has 150 valence electrons. The van der Waals surface area contributed by atoms with Gasteiger partial charge in [-0.25, -0.2) is 4.68 Å². The minimum absolute atomic E-state index is 0.0481. The lowest BCUT2D eigenvalue weighted by molar-refractivity contribution is -0.0383. The van der Waals surface area contributed by atoms with E-state index >= 15 is 0 Å². The summed E-state index contributed by atoms with van der Waals surface area (Å²) in [6.45, 7) is 0.770. The number of halogens is 1. The van der Waals surface area contributed by atoms with Crippen molar-refractivity contribution in [2.75, 3.05) is 11.9 Å². The van der Waals surface area contributed by atoms with E-state index in [1.54, 1.807) is 0 Å². The molecule has 2 heterocycles. The fourth-order valence-corrected chi connectivity index (χ4v) is 4.65. The molecule has 3 aromatic rings. The van der Waals surface area contributed by atoms with Crippen molar-refractivity contribution >= 4 is 26.7 Å². The number of ether oxygens (including phenoxy) is 1. The fourth-order valence-electron chi connectivity index (χ4n) is 4.26. The normalized spacial score (nSPS) is 16.8. The van der Waals surface area contributed by atoms with Crippen molar-refractivity contribution < 1.29 is 4.74 Å². The van der Waals surface area contributed by atoms with Crippen molar-refractivity contribution in [2.24, 2.45) is 0 Å². The molecule has 1 saturated heterocycles. The second-order valence-corrected chi connectivity index (χ2v) is 8.39. The lowest BCUT2D eigenvalue weighted by Gasteiger charge is -2.25. The molecule has 1 aromatic heterocycles. The summed E-state index contributed by atoms with van der Waals surface area (Å²) < 4.78 is 8.00. The number of alkyl halides is 1. The minimum atomic E-state index is -0.0481. The Kier molecular flexibility index (Phi) is 6.63. The third-order valence-electron chi connectivity index (χ3n) is 5.68. The zero-order chi connectivity index (χ0) is 20.1. The Balaban J connectivity index is 1.84. The van der Waals surface area contributed by atoms with E-state index in [9.17, 15) is 5.26 Å². The van der Waals surface area contributed by atoms with Crippen molar-refractivity contribution in [3.05, 3.63) is 53.7 Å². The molecular formula is C24H26BrN3O. The second-order valence-electron chi connectivity index (χ2n) is 7.60. The molecule has 1 unspecified atom stereocenters. The molecule has 4 rings (SSSR count). The summed E-state index contributed by atoms with van der Waals surface area (Å²) in [6, 6.07) is 15.0. The average Bonchev–Trinajstić information content (AvgIpc) is 3.25. The summed E-state index contributed by atoms with van der Waals surface area (Å²) in [5, 5.41) is 17.9. The van der Waals surface area contributed by atoms with Gasteiger partial charge in [-0.3, -0.25) is 0 Å². The lowest BCUT2D eigenvalue weighted by Crippen LogP contribution is -2.20. The molecule has 1 aliphatic rings. The van der Waals surface area contributed by atoms with E-state index in [-0.39, 0.29) is 6.23 Å². The van der Waals surface area contributed by atoms with Gasteiger partial charge in [0.25, 0.3) is 0 Å². The number of fused-ring (bicyclic) bond motifs is 1. The van der Waals surface area contributed by atoms with Crippen molar-refractivity contribution in [1.82, 2.24) is 9.78 Å². The standard InChI is InChI=1S/C24H26BrN3O/c25-13-6-1-2-9-19-16-18-8-3-4-10-20(18)21(17-26)24(19)22-12-14-27-28(22)23-11-5-7-15-29-23/h3-4,8,10,12,14,16,23H,1-2,5-7,9,11,13,15H2. The Morgan fingerprint density at radius 1 is 1.17 bits per heavy atom. The van der Waals surface area contributed by atoms with Crippen LogP contribution in [0.5, 0.6) is 0 Å². The number of nitrogens with zero attached hydrogens (tertiary/aromatic N) is 3. The maximum absolute atomic E-state index is 10.1. The van der Waals surface area contributed by atoms with E-state index in [1.807, 2.05) is 35.1 Å². The Hall–Kier alpha value is -2.16. The van der Waals surface area contributed by atoms with E-state index in [4.69, 9.17) is 4.74 Å². The van der Waals surface area contributed by atoms with Crippen LogP contribution in [0.3, 0.4) is 0 Å². The molecule has 0 aliphatic carbocycles. The first-order chi connectivity index (χ1) is 14.3. The van der Waals surface area contributed by atoms with Gasteiger partial charge in [-0.2, -0.15) is 10.4 Å². The maximum atomic E-state index is 10.1. The predicted octanol–water partition coefficient (Wildman–Crippen LogP) is 6.38. The van der Waals surface area contributed by atoms with Crippen LogP contribution in [0, 0.1) is 11.3 Å². The molecule has 0 saturated carbocycles. The van der Waals surface area contributed by atoms with Crippen LogP contribution in [-0.2, 0) is 11.2 Å². The Labute approximate surface area is 180 Å². The highest BCUT2D eigenvalue weighted by Crippen LogP contribution is 2.37. The van der Waals surface area contributed by atoms with E-state index in [1.165, 1.54) is 18.4 Å². The smallest absolute Gasteiger partial charge is 0.150 e. The van der Waals surface area contributed by atoms with Crippen LogP contribution in [0.2, 0.25) is 0 Å². The van der Waals surface area contributed by atoms with E-state index < -0.39 is 0 Å². The fraction of sp³-hybridized carbons (Fsp3) is 0.417. The molecule has 2 aromatic carbocycles. The first kappa shape index (κ1) is 20.1. The highest BCUT2D eigenvalue weighted by molar-refractivity contribution is 9.09. The molecule has 1 aliphatic heterocycles. The zero-order valence-corrected chi connectivity index (χ0v) is 18.2. The number of aromatic nitrogens is 2. The molecule has 0 spiro atoms. The first-order valence-corrected chi connectivity index (χ1v) is 11.6. The number of rotatable bonds is 7. The van der Waals surface area contributed by atoms with Gasteiger partial charge in [0.1, 0.15) is 6.07 Å². The van der Waals surface area contributed by atoms with Crippen molar-refractivity contribution in [3.8, 4) is 17.3 Å². The van der Waals surface area contributed by atoms with E-state index in [2.05, 4.69) is 39.2 Å². The van der Waals surface area contributed by atoms with Gasteiger partial charge in [0, 0.05) is 29.1 Å². The summed E-state index contributed by atoms with van der Waals surface area (Å²) in [5.74, 6) is 0. The minimum Gasteiger partial charge on any atom is -0.356 e. The van der Waals surface area contributed by atoms with Crippen molar-refractivity contribution in [2.45, 2.75) is 51.2 Å². The molecule has 4 nitrogen and oxygen atoms in total. The number of nitriles is 1. The van der Waals surface area contributed by atoms with E-state index in [0.29, 0.717) is 0 Å². The molecule has 0 radical (unpaired) electrons. The zero-order valence-electron chi connectivity index (χ0n) is 16.6. The summed E-state index contributed by atoms with van der Waals surface area (Å²) in [7, 11) is 0. The van der Waals surface area contributed by atoms with E-state index in [0.717, 1.165) is 71.6 Å². The summed E-state index contributed by atoms with van der Waals surface area (Å²) in [5.41, 5.74) is 4.00. The topological polar surface area (TPSA) is 50.8 Å². The van der Waals surface area contributed by atoms with Crippen LogP contribution in [0.25, 0.3) is 22.0 Å². The third kappa shape index (κ3) is 4.24. The van der Waals surface area contributed by atoms with Crippen molar-refractivity contribution in [1.29, 1.82) is 5.26 Å². The number of aryl methyl sites for hydroxylation is 1. The van der Waals surface area contributed by atoms with Gasteiger partial charge in [-0.05, 0) is 55.5 Å². The van der Waals surface area contributed by atoms with Crippen LogP contribution in [0.1, 0.15) is 55.9 Å². The third-order valence-corrected chi connectivity index (χ3v) is 6.24. The Morgan fingerprint density at radius 2 is 2.07 bits per heavy atom. The monoisotopic (exact) mass is 451 g/mol. The maximum Gasteiger partial charge on any atom is 0.150 e. The largest absolute Gasteiger partial charge is 0.356 e. The molecule has 0 bridgehead atoms. The molecular weight excluding hydrogens is 426 g/mol. The predicted molar refractivity (Wildman–Crippen MR) is 120 cm³/mol. The number of unbranched alkanes of at least 4 members (excludes halogenated alkanes) is 2. The Bertz CT molecular complexity index is 1010. The molecule has 1 fully saturated rings. The van der Waals surface area contributed by atoms with Crippen molar-refractivity contribution in [3.63, 3.8) is 0 Å². The van der Waals surface area contributed by atoms with Gasteiger partial charge in [-0.15, -0.1) is 0 Å². The molecule has 0 amide bonds. The Morgan fingerprint density at radius 3 is 2.86 bits per heavy atom.